The van der Waals surface area contributed by atoms with Gasteiger partial charge in [-0.15, -0.1) is 0 Å². The Kier molecular flexibility index (Phi) is 12.4. The Morgan fingerprint density at radius 2 is 0.651 bits per heavy atom. The molecule has 0 aliphatic rings. The lowest BCUT2D eigenvalue weighted by atomic mass is 10.2. The minimum Gasteiger partial charge on any atom is -0.497 e. The van der Waals surface area contributed by atoms with E-state index in [1.54, 1.807) is 21.3 Å². The third-order valence-corrected chi connectivity index (χ3v) is 11.9. The Bertz CT molecular complexity index is 1200. The van der Waals surface area contributed by atoms with Crippen molar-refractivity contribution < 1.29 is 27.2 Å². The van der Waals surface area contributed by atoms with Crippen LogP contribution in [0.5, 0.6) is 17.2 Å². The van der Waals surface area contributed by atoms with Crippen LogP contribution in [0.15, 0.2) is 89.9 Å². The third kappa shape index (κ3) is 12.2. The molecule has 0 atom stereocenters. The first-order valence-electron chi connectivity index (χ1n) is 14.4. The molecule has 0 N–H and O–H groups in total. The summed E-state index contributed by atoms with van der Waals surface area (Å²) in [5.74, 6) is 2.49. The fourth-order valence-electron chi connectivity index (χ4n) is 3.97. The number of hydrogen-bond donors (Lipinski definition) is 0. The Balaban J connectivity index is 1.80. The molecule has 0 heterocycles. The maximum absolute atomic E-state index is 6.69. The quantitative estimate of drug-likeness (QED) is 0.157. The number of rotatable bonds is 15. The first-order chi connectivity index (χ1) is 20.3. The smallest absolute Gasteiger partial charge is 0.497 e. The number of ether oxygens (including phenoxy) is 3. The van der Waals surface area contributed by atoms with Crippen molar-refractivity contribution in [3.63, 3.8) is 0 Å². The van der Waals surface area contributed by atoms with E-state index in [-0.39, 0.29) is 0 Å². The Morgan fingerprint density at radius 1 is 0.419 bits per heavy atom. The van der Waals surface area contributed by atoms with Gasteiger partial charge in [0.25, 0.3) is 0 Å². The van der Waals surface area contributed by atoms with E-state index in [9.17, 15) is 0 Å². The van der Waals surface area contributed by atoms with E-state index in [1.165, 1.54) is 0 Å². The Morgan fingerprint density at radius 3 is 0.860 bits per heavy atom. The van der Waals surface area contributed by atoms with Crippen molar-refractivity contribution in [1.29, 1.82) is 0 Å². The monoisotopic (exact) mass is 632 g/mol. The van der Waals surface area contributed by atoms with Crippen LogP contribution < -0.4 is 14.2 Å². The van der Waals surface area contributed by atoms with E-state index >= 15 is 0 Å². The molecule has 0 saturated heterocycles. The predicted octanol–water partition coefficient (Wildman–Crippen LogP) is 8.42. The highest BCUT2D eigenvalue weighted by atomic mass is 28.4. The van der Waals surface area contributed by atoms with Crippen molar-refractivity contribution >= 4 is 50.5 Å². The van der Waals surface area contributed by atoms with Gasteiger partial charge in [-0.25, -0.2) is 0 Å². The maximum atomic E-state index is 6.69. The lowest BCUT2D eigenvalue weighted by molar-refractivity contribution is 0.304. The van der Waals surface area contributed by atoms with Gasteiger partial charge >= 0.3 is 7.32 Å². The summed E-state index contributed by atoms with van der Waals surface area (Å²) in [6.45, 7) is 12.9. The molecular formula is C33H45BO6Si3. The Hall–Kier alpha value is -3.12. The van der Waals surface area contributed by atoms with E-state index in [1.807, 2.05) is 72.8 Å². The molecule has 0 saturated carbocycles. The molecule has 3 rings (SSSR count). The first-order valence-corrected chi connectivity index (χ1v) is 23.3. The zero-order valence-electron chi connectivity index (χ0n) is 26.9. The van der Waals surface area contributed by atoms with Gasteiger partial charge in [0.05, 0.1) is 21.3 Å². The molecule has 0 aliphatic heterocycles. The van der Waals surface area contributed by atoms with Gasteiger partial charge in [-0.1, -0.05) is 71.7 Å². The minimum atomic E-state index is -2.36. The molecule has 0 fully saturated rings. The highest BCUT2D eigenvalue weighted by Crippen LogP contribution is 2.22. The lowest BCUT2D eigenvalue weighted by Gasteiger charge is -2.33. The third-order valence-electron chi connectivity index (χ3n) is 6.58. The van der Waals surface area contributed by atoms with Gasteiger partial charge in [-0.2, -0.15) is 0 Å². The van der Waals surface area contributed by atoms with Crippen LogP contribution in [0.4, 0.5) is 0 Å². The van der Waals surface area contributed by atoms with E-state index in [2.05, 4.69) is 74.6 Å². The molecule has 10 heteroatoms. The van der Waals surface area contributed by atoms with Crippen LogP contribution in [0.2, 0.25) is 39.3 Å². The summed E-state index contributed by atoms with van der Waals surface area (Å²) in [6, 6.07) is 23.9. The molecule has 0 unspecified atom stereocenters. The highest BCUT2D eigenvalue weighted by molar-refractivity contribution is 6.88. The normalized spacial score (nSPS) is 12.8. The highest BCUT2D eigenvalue weighted by Gasteiger charge is 2.39. The van der Waals surface area contributed by atoms with Crippen LogP contribution in [-0.2, 0) is 13.0 Å². The van der Waals surface area contributed by atoms with Crippen LogP contribution in [0, 0.1) is 0 Å². The van der Waals surface area contributed by atoms with Crippen LogP contribution in [-0.4, -0.2) is 53.6 Å². The van der Waals surface area contributed by atoms with Crippen LogP contribution >= 0.6 is 0 Å². The summed E-state index contributed by atoms with van der Waals surface area (Å²) in [6.07, 6.45) is 6.29. The molecular weight excluding hydrogens is 587 g/mol. The topological polar surface area (TPSA) is 55.4 Å². The van der Waals surface area contributed by atoms with Gasteiger partial charge in [0.2, 0.25) is 0 Å². The zero-order chi connectivity index (χ0) is 31.5. The van der Waals surface area contributed by atoms with Crippen molar-refractivity contribution in [1.82, 2.24) is 0 Å². The van der Waals surface area contributed by atoms with Crippen LogP contribution in [0.3, 0.4) is 0 Å². The molecule has 0 bridgehead atoms. The molecule has 0 aliphatic carbocycles. The van der Waals surface area contributed by atoms with E-state index < -0.39 is 32.3 Å². The van der Waals surface area contributed by atoms with Gasteiger partial charge in [-0.3, -0.25) is 0 Å². The predicted molar refractivity (Wildman–Crippen MR) is 188 cm³/mol. The number of methoxy groups -OCH3 is 3. The zero-order valence-corrected chi connectivity index (χ0v) is 29.9. The number of hydrogen-bond acceptors (Lipinski definition) is 6. The van der Waals surface area contributed by atoms with Gasteiger partial charge in [-0.05, 0) is 92.4 Å². The molecule has 0 radical (unpaired) electrons. The van der Waals surface area contributed by atoms with Gasteiger partial charge in [0, 0.05) is 0 Å². The van der Waals surface area contributed by atoms with Gasteiger partial charge < -0.3 is 27.2 Å². The SMILES string of the molecule is COc1ccc(/C=C\[Si](C)(C)OB(O[Si](C)(C)/C=C/c2ccc(OC)cc2)O[Si](C)(C)/C=C/c2ccc(OC)cc2)cc1. The second-order valence-electron chi connectivity index (χ2n) is 11.8. The first kappa shape index (κ1) is 34.4. The largest absolute Gasteiger partial charge is 0.607 e. The number of benzene rings is 3. The van der Waals surface area contributed by atoms with Crippen molar-refractivity contribution in [3.05, 3.63) is 107 Å². The van der Waals surface area contributed by atoms with Crippen molar-refractivity contribution in [2.24, 2.45) is 0 Å². The Labute approximate surface area is 261 Å². The molecule has 43 heavy (non-hydrogen) atoms. The van der Waals surface area contributed by atoms with Crippen molar-refractivity contribution in [3.8, 4) is 17.2 Å². The second kappa shape index (κ2) is 15.6. The fraction of sp³-hybridized carbons (Fsp3) is 0.273. The van der Waals surface area contributed by atoms with Crippen LogP contribution in [0.25, 0.3) is 18.2 Å². The van der Waals surface area contributed by atoms with E-state index in [0.29, 0.717) is 0 Å². The van der Waals surface area contributed by atoms with E-state index in [0.717, 1.165) is 33.9 Å². The average Bonchev–Trinajstić information content (AvgIpc) is 2.98. The summed E-state index contributed by atoms with van der Waals surface area (Å²) in [4.78, 5) is 0. The van der Waals surface area contributed by atoms with Crippen molar-refractivity contribution in [2.45, 2.75) is 39.3 Å². The fourth-order valence-corrected chi connectivity index (χ4v) is 8.05. The van der Waals surface area contributed by atoms with Crippen LogP contribution in [0.1, 0.15) is 16.7 Å². The summed E-state index contributed by atoms with van der Waals surface area (Å²) in [5, 5.41) is 0. The summed E-state index contributed by atoms with van der Waals surface area (Å²) in [7, 11) is -2.87. The lowest BCUT2D eigenvalue weighted by Crippen LogP contribution is -2.50. The second-order valence-corrected chi connectivity index (χ2v) is 23.1. The summed E-state index contributed by atoms with van der Waals surface area (Å²) in [5.41, 5.74) is 9.74. The molecule has 228 valence electrons. The minimum absolute atomic E-state index is 0.799. The van der Waals surface area contributed by atoms with Crippen molar-refractivity contribution in [2.75, 3.05) is 21.3 Å². The molecule has 0 amide bonds. The van der Waals surface area contributed by atoms with Gasteiger partial charge in [0.15, 0.2) is 25.0 Å². The molecule has 3 aromatic rings. The van der Waals surface area contributed by atoms with E-state index in [4.69, 9.17) is 27.2 Å². The summed E-state index contributed by atoms with van der Waals surface area (Å²) < 4.78 is 35.9. The molecule has 6 nitrogen and oxygen atoms in total. The molecule has 3 aromatic carbocycles. The molecule has 0 aromatic heterocycles. The standard InChI is InChI=1S/C33H45BO6Si3/c1-35-31-16-10-28(11-17-31)22-25-41(4,5)38-34(39-42(6,7)26-23-29-12-18-32(36-2)19-13-29)40-43(8,9)27-24-30-14-20-33(37-3)21-15-30/h10-27H,1-9H3/b25-22-,26-23+,27-24+. The van der Waals surface area contributed by atoms with Gasteiger partial charge in [0.1, 0.15) is 17.2 Å². The maximum Gasteiger partial charge on any atom is 0.607 e. The summed E-state index contributed by atoms with van der Waals surface area (Å²) >= 11 is 0. The molecule has 0 spiro atoms. The average molecular weight is 633 g/mol.